The van der Waals surface area contributed by atoms with Gasteiger partial charge in [-0.25, -0.2) is 4.98 Å². The first kappa shape index (κ1) is 18.6. The summed E-state index contributed by atoms with van der Waals surface area (Å²) in [5, 5.41) is 7.01. The van der Waals surface area contributed by atoms with Crippen molar-refractivity contribution in [3.8, 4) is 0 Å². The van der Waals surface area contributed by atoms with Gasteiger partial charge in [-0.05, 0) is 25.3 Å². The van der Waals surface area contributed by atoms with Crippen LogP contribution in [0.4, 0.5) is 5.13 Å². The summed E-state index contributed by atoms with van der Waals surface area (Å²) in [5.74, 6) is -0.241. The van der Waals surface area contributed by atoms with E-state index >= 15 is 0 Å². The van der Waals surface area contributed by atoms with Crippen LogP contribution in [0.15, 0.2) is 30.3 Å². The van der Waals surface area contributed by atoms with Gasteiger partial charge >= 0.3 is 0 Å². The molecule has 128 valence electrons. The number of hydrogen-bond acceptors (Lipinski definition) is 4. The Hall–Kier alpha value is -1.73. The predicted molar refractivity (Wildman–Crippen MR) is 101 cm³/mol. The highest BCUT2D eigenvalue weighted by atomic mass is 79.9. The summed E-state index contributed by atoms with van der Waals surface area (Å²) in [7, 11) is 0. The Morgan fingerprint density at radius 3 is 2.67 bits per heavy atom. The van der Waals surface area contributed by atoms with Gasteiger partial charge in [-0.2, -0.15) is 0 Å². The van der Waals surface area contributed by atoms with E-state index in [0.29, 0.717) is 28.7 Å². The lowest BCUT2D eigenvalue weighted by Gasteiger charge is -2.03. The van der Waals surface area contributed by atoms with Crippen LogP contribution < -0.4 is 10.6 Å². The lowest BCUT2D eigenvalue weighted by molar-refractivity contribution is -0.116. The van der Waals surface area contributed by atoms with Gasteiger partial charge in [0.25, 0.3) is 5.91 Å². The Kier molecular flexibility index (Phi) is 7.39. The molecule has 0 unspecified atom stereocenters. The minimum atomic E-state index is -0.173. The Balaban J connectivity index is 1.90. The molecule has 24 heavy (non-hydrogen) atoms. The molecule has 1 heterocycles. The van der Waals surface area contributed by atoms with Crippen molar-refractivity contribution >= 4 is 44.2 Å². The summed E-state index contributed by atoms with van der Waals surface area (Å²) in [6.07, 6.45) is 2.24. The van der Waals surface area contributed by atoms with Crippen LogP contribution in [0.1, 0.15) is 40.2 Å². The zero-order valence-corrected chi connectivity index (χ0v) is 15.9. The fourth-order valence-electron chi connectivity index (χ4n) is 2.08. The number of nitrogens with zero attached hydrogens (tertiary/aromatic N) is 1. The molecule has 0 spiro atoms. The Labute approximate surface area is 154 Å². The number of unbranched alkanes of at least 4 members (excludes halogenated alkanes) is 1. The highest BCUT2D eigenvalue weighted by Crippen LogP contribution is 2.23. The van der Waals surface area contributed by atoms with E-state index in [-0.39, 0.29) is 11.8 Å². The summed E-state index contributed by atoms with van der Waals surface area (Å²) >= 11 is 4.55. The number of amides is 2. The number of thiazole rings is 1. The molecule has 2 aromatic rings. The molecule has 0 atom stereocenters. The average molecular weight is 410 g/mol. The molecule has 0 aliphatic carbocycles. The quantitative estimate of drug-likeness (QED) is 0.513. The Morgan fingerprint density at radius 1 is 1.21 bits per heavy atom. The molecule has 1 aromatic heterocycles. The third-order valence-corrected chi connectivity index (χ3v) is 4.96. The van der Waals surface area contributed by atoms with Gasteiger partial charge in [0, 0.05) is 18.3 Å². The number of aromatic nitrogens is 1. The summed E-state index contributed by atoms with van der Waals surface area (Å²) in [4.78, 5) is 28.9. The topological polar surface area (TPSA) is 71.1 Å². The minimum Gasteiger partial charge on any atom is -0.347 e. The molecule has 0 fully saturated rings. The SMILES string of the molecule is Cc1nc(NC(=O)CCCCBr)sc1C(=O)NCc1ccccc1. The van der Waals surface area contributed by atoms with Crippen LogP contribution in [0.25, 0.3) is 0 Å². The molecule has 2 N–H and O–H groups in total. The van der Waals surface area contributed by atoms with Crippen molar-refractivity contribution in [2.24, 2.45) is 0 Å². The van der Waals surface area contributed by atoms with Crippen molar-refractivity contribution < 1.29 is 9.59 Å². The van der Waals surface area contributed by atoms with Crippen LogP contribution in [-0.2, 0) is 11.3 Å². The zero-order chi connectivity index (χ0) is 17.4. The summed E-state index contributed by atoms with van der Waals surface area (Å²) in [6, 6.07) is 9.72. The second-order valence-corrected chi connectivity index (χ2v) is 7.09. The van der Waals surface area contributed by atoms with Crippen molar-refractivity contribution in [2.75, 3.05) is 10.6 Å². The maximum Gasteiger partial charge on any atom is 0.263 e. The Bertz CT molecular complexity index is 688. The van der Waals surface area contributed by atoms with Gasteiger partial charge in [-0.3, -0.25) is 9.59 Å². The maximum absolute atomic E-state index is 12.3. The molecule has 0 aliphatic rings. The van der Waals surface area contributed by atoms with E-state index < -0.39 is 0 Å². The van der Waals surface area contributed by atoms with Gasteiger partial charge in [0.15, 0.2) is 5.13 Å². The van der Waals surface area contributed by atoms with E-state index in [1.165, 1.54) is 11.3 Å². The minimum absolute atomic E-state index is 0.0686. The monoisotopic (exact) mass is 409 g/mol. The number of anilines is 1. The highest BCUT2D eigenvalue weighted by Gasteiger charge is 2.16. The second kappa shape index (κ2) is 9.54. The third kappa shape index (κ3) is 5.72. The Morgan fingerprint density at radius 2 is 1.96 bits per heavy atom. The molecule has 0 aliphatic heterocycles. The normalized spacial score (nSPS) is 10.4. The first-order valence-electron chi connectivity index (χ1n) is 7.75. The molecule has 2 amide bonds. The number of alkyl halides is 1. The van der Waals surface area contributed by atoms with E-state index in [2.05, 4.69) is 31.5 Å². The highest BCUT2D eigenvalue weighted by molar-refractivity contribution is 9.09. The van der Waals surface area contributed by atoms with Crippen LogP contribution in [0.3, 0.4) is 0 Å². The van der Waals surface area contributed by atoms with Crippen molar-refractivity contribution in [1.82, 2.24) is 10.3 Å². The molecular formula is C17H20BrN3O2S. The summed E-state index contributed by atoms with van der Waals surface area (Å²) < 4.78 is 0. The van der Waals surface area contributed by atoms with Gasteiger partial charge in [0.2, 0.25) is 5.91 Å². The number of rotatable bonds is 8. The fraction of sp³-hybridized carbons (Fsp3) is 0.353. The smallest absolute Gasteiger partial charge is 0.263 e. The van der Waals surface area contributed by atoms with Crippen molar-refractivity contribution in [2.45, 2.75) is 32.7 Å². The maximum atomic E-state index is 12.3. The average Bonchev–Trinajstić information content (AvgIpc) is 2.94. The van der Waals surface area contributed by atoms with E-state index in [0.717, 1.165) is 23.7 Å². The fourth-order valence-corrected chi connectivity index (χ4v) is 3.38. The van der Waals surface area contributed by atoms with Crippen LogP contribution >= 0.6 is 27.3 Å². The molecule has 0 radical (unpaired) electrons. The number of halogens is 1. The van der Waals surface area contributed by atoms with Gasteiger partial charge in [-0.15, -0.1) is 0 Å². The third-order valence-electron chi connectivity index (χ3n) is 3.33. The molecule has 0 bridgehead atoms. The predicted octanol–water partition coefficient (Wildman–Crippen LogP) is 3.89. The van der Waals surface area contributed by atoms with Gasteiger partial charge in [-0.1, -0.05) is 57.6 Å². The molecule has 2 rings (SSSR count). The number of hydrogen-bond donors (Lipinski definition) is 2. The first-order chi connectivity index (χ1) is 11.6. The number of carbonyl (C=O) groups is 2. The van der Waals surface area contributed by atoms with E-state index in [1.807, 2.05) is 30.3 Å². The van der Waals surface area contributed by atoms with Gasteiger partial charge in [0.1, 0.15) is 4.88 Å². The van der Waals surface area contributed by atoms with Crippen molar-refractivity contribution in [1.29, 1.82) is 0 Å². The number of nitrogens with one attached hydrogen (secondary N) is 2. The van der Waals surface area contributed by atoms with E-state index in [1.54, 1.807) is 6.92 Å². The van der Waals surface area contributed by atoms with Crippen molar-refractivity contribution in [3.63, 3.8) is 0 Å². The molecule has 0 saturated heterocycles. The number of aryl methyl sites for hydroxylation is 1. The zero-order valence-electron chi connectivity index (χ0n) is 13.5. The summed E-state index contributed by atoms with van der Waals surface area (Å²) in [6.45, 7) is 2.24. The van der Waals surface area contributed by atoms with Crippen molar-refractivity contribution in [3.05, 3.63) is 46.5 Å². The second-order valence-electron chi connectivity index (χ2n) is 5.30. The molecule has 1 aromatic carbocycles. The summed E-state index contributed by atoms with van der Waals surface area (Å²) in [5.41, 5.74) is 1.66. The van der Waals surface area contributed by atoms with Crippen LogP contribution in [0, 0.1) is 6.92 Å². The lowest BCUT2D eigenvalue weighted by Crippen LogP contribution is -2.22. The lowest BCUT2D eigenvalue weighted by atomic mass is 10.2. The van der Waals surface area contributed by atoms with E-state index in [9.17, 15) is 9.59 Å². The first-order valence-corrected chi connectivity index (χ1v) is 9.69. The van der Waals surface area contributed by atoms with Gasteiger partial charge < -0.3 is 10.6 Å². The number of benzene rings is 1. The molecule has 5 nitrogen and oxygen atoms in total. The molecule has 7 heteroatoms. The largest absolute Gasteiger partial charge is 0.347 e. The number of carbonyl (C=O) groups excluding carboxylic acids is 2. The standard InChI is InChI=1S/C17H20BrN3O2S/c1-12-15(16(23)19-11-13-7-3-2-4-8-13)24-17(20-12)21-14(22)9-5-6-10-18/h2-4,7-8H,5-6,9-11H2,1H3,(H,19,23)(H,20,21,22). The van der Waals surface area contributed by atoms with E-state index in [4.69, 9.17) is 0 Å². The molecule has 0 saturated carbocycles. The van der Waals surface area contributed by atoms with Gasteiger partial charge in [0.05, 0.1) is 5.69 Å². The van der Waals surface area contributed by atoms with Crippen LogP contribution in [-0.4, -0.2) is 22.1 Å². The molecular weight excluding hydrogens is 390 g/mol. The van der Waals surface area contributed by atoms with Crippen LogP contribution in [0.5, 0.6) is 0 Å². The van der Waals surface area contributed by atoms with Crippen LogP contribution in [0.2, 0.25) is 0 Å².